The number of hydrogen-bond acceptors (Lipinski definition) is 4. The van der Waals surface area contributed by atoms with Crippen LogP contribution in [0.25, 0.3) is 0 Å². The van der Waals surface area contributed by atoms with E-state index in [1.807, 2.05) is 13.8 Å². The molecule has 2 N–H and O–H groups in total. The average molecular weight is 254 g/mol. The molecule has 1 atom stereocenters. The van der Waals surface area contributed by atoms with E-state index in [1.165, 1.54) is 0 Å². The fourth-order valence-corrected chi connectivity index (χ4v) is 1.55. The Morgan fingerprint density at radius 2 is 2.00 bits per heavy atom. The van der Waals surface area contributed by atoms with E-state index in [9.17, 15) is 9.59 Å². The number of aliphatic carboxylic acids is 1. The van der Waals surface area contributed by atoms with Gasteiger partial charge in [0.2, 0.25) is 0 Å². The molecule has 0 aliphatic rings. The largest absolute Gasteiger partial charge is 0.480 e. The number of amides is 1. The second-order valence-corrected chi connectivity index (χ2v) is 4.71. The number of nitrogens with one attached hydrogen (secondary N) is 1. The van der Waals surface area contributed by atoms with Gasteiger partial charge in [0.25, 0.3) is 5.91 Å². The van der Waals surface area contributed by atoms with E-state index in [1.54, 1.807) is 13.8 Å². The summed E-state index contributed by atoms with van der Waals surface area (Å²) >= 11 is 0. The van der Waals surface area contributed by atoms with Gasteiger partial charge in [0, 0.05) is 5.56 Å². The van der Waals surface area contributed by atoms with Crippen molar-refractivity contribution in [1.29, 1.82) is 0 Å². The summed E-state index contributed by atoms with van der Waals surface area (Å²) in [5.41, 5.74) is 0.767. The minimum Gasteiger partial charge on any atom is -0.480 e. The Hall–Kier alpha value is -1.85. The summed E-state index contributed by atoms with van der Waals surface area (Å²) in [6.07, 6.45) is 0.372. The molecular formula is C12H18N2O4. The monoisotopic (exact) mass is 254 g/mol. The van der Waals surface area contributed by atoms with Crippen LogP contribution in [-0.4, -0.2) is 28.2 Å². The third-order valence-electron chi connectivity index (χ3n) is 2.68. The van der Waals surface area contributed by atoms with E-state index < -0.39 is 17.9 Å². The first kappa shape index (κ1) is 14.2. The van der Waals surface area contributed by atoms with E-state index >= 15 is 0 Å². The summed E-state index contributed by atoms with van der Waals surface area (Å²) < 4.78 is 4.88. The molecule has 0 unspecified atom stereocenters. The first-order valence-corrected chi connectivity index (χ1v) is 5.79. The lowest BCUT2D eigenvalue weighted by atomic mass is 10.0. The Morgan fingerprint density at radius 3 is 2.39 bits per heavy atom. The van der Waals surface area contributed by atoms with Crippen LogP contribution in [0.1, 0.15) is 42.1 Å². The maximum atomic E-state index is 11.9. The molecule has 0 aliphatic carbocycles. The van der Waals surface area contributed by atoms with Gasteiger partial charge in [-0.1, -0.05) is 19.0 Å². The molecule has 6 heteroatoms. The van der Waals surface area contributed by atoms with Gasteiger partial charge >= 0.3 is 5.97 Å². The summed E-state index contributed by atoms with van der Waals surface area (Å²) in [4.78, 5) is 22.9. The van der Waals surface area contributed by atoms with Crippen LogP contribution in [0.4, 0.5) is 0 Å². The zero-order valence-electron chi connectivity index (χ0n) is 11.0. The number of aromatic nitrogens is 1. The lowest BCUT2D eigenvalue weighted by Gasteiger charge is -2.15. The molecular weight excluding hydrogens is 236 g/mol. The standard InChI is InChI=1S/C12H18N2O4/c1-6(2)5-9(12(16)17)13-11(15)10-7(3)8(4)18-14-10/h6,9H,5H2,1-4H3,(H,13,15)(H,16,17)/t9-/m1/s1. The Balaban J connectivity index is 2.79. The second kappa shape index (κ2) is 5.66. The van der Waals surface area contributed by atoms with E-state index in [4.69, 9.17) is 9.63 Å². The number of carbonyl (C=O) groups excluding carboxylic acids is 1. The molecule has 0 saturated heterocycles. The molecule has 0 aliphatic heterocycles. The molecule has 1 heterocycles. The zero-order chi connectivity index (χ0) is 13.9. The third kappa shape index (κ3) is 3.32. The van der Waals surface area contributed by atoms with Crippen LogP contribution in [0.5, 0.6) is 0 Å². The normalized spacial score (nSPS) is 12.5. The van der Waals surface area contributed by atoms with Gasteiger partial charge in [-0.25, -0.2) is 4.79 Å². The van der Waals surface area contributed by atoms with Crippen LogP contribution in [0.15, 0.2) is 4.52 Å². The predicted molar refractivity (Wildman–Crippen MR) is 64.3 cm³/mol. The Bertz CT molecular complexity index is 451. The minimum absolute atomic E-state index is 0.141. The van der Waals surface area contributed by atoms with Crippen molar-refractivity contribution in [2.24, 2.45) is 5.92 Å². The number of nitrogens with zero attached hydrogens (tertiary/aromatic N) is 1. The van der Waals surface area contributed by atoms with Crippen molar-refractivity contribution in [2.45, 2.75) is 40.2 Å². The summed E-state index contributed by atoms with van der Waals surface area (Å²) in [6, 6.07) is -0.908. The zero-order valence-corrected chi connectivity index (χ0v) is 11.0. The molecule has 1 aromatic heterocycles. The second-order valence-electron chi connectivity index (χ2n) is 4.71. The van der Waals surface area contributed by atoms with Crippen molar-refractivity contribution in [3.8, 4) is 0 Å². The highest BCUT2D eigenvalue weighted by Gasteiger charge is 2.24. The third-order valence-corrected chi connectivity index (χ3v) is 2.68. The number of aryl methyl sites for hydroxylation is 1. The van der Waals surface area contributed by atoms with Crippen LogP contribution in [0.2, 0.25) is 0 Å². The fourth-order valence-electron chi connectivity index (χ4n) is 1.55. The maximum absolute atomic E-state index is 11.9. The van der Waals surface area contributed by atoms with Gasteiger partial charge < -0.3 is 14.9 Å². The molecule has 1 amide bonds. The molecule has 0 radical (unpaired) electrons. The number of carboxylic acids is 1. The van der Waals surface area contributed by atoms with Crippen LogP contribution < -0.4 is 5.32 Å². The topological polar surface area (TPSA) is 92.4 Å². The van der Waals surface area contributed by atoms with Crippen LogP contribution in [-0.2, 0) is 4.79 Å². The Labute approximate surface area is 105 Å². The molecule has 6 nitrogen and oxygen atoms in total. The molecule has 0 spiro atoms. The molecule has 0 saturated carbocycles. The summed E-state index contributed by atoms with van der Waals surface area (Å²) in [6.45, 7) is 7.20. The summed E-state index contributed by atoms with van der Waals surface area (Å²) in [7, 11) is 0. The first-order chi connectivity index (χ1) is 8.32. The SMILES string of the molecule is Cc1onc(C(=O)N[C@H](CC(C)C)C(=O)O)c1C. The van der Waals surface area contributed by atoms with Crippen LogP contribution in [0, 0.1) is 19.8 Å². The Kier molecular flexibility index (Phi) is 4.47. The van der Waals surface area contributed by atoms with E-state index in [-0.39, 0.29) is 11.6 Å². The highest BCUT2D eigenvalue weighted by atomic mass is 16.5. The smallest absolute Gasteiger partial charge is 0.326 e. The molecule has 0 aromatic carbocycles. The molecule has 1 aromatic rings. The van der Waals surface area contributed by atoms with Gasteiger partial charge in [0.05, 0.1) is 0 Å². The number of rotatable bonds is 5. The van der Waals surface area contributed by atoms with Gasteiger partial charge in [-0.05, 0) is 26.2 Å². The van der Waals surface area contributed by atoms with Gasteiger partial charge in [0.15, 0.2) is 5.69 Å². The van der Waals surface area contributed by atoms with Crippen LogP contribution in [0.3, 0.4) is 0 Å². The van der Waals surface area contributed by atoms with E-state index in [2.05, 4.69) is 10.5 Å². The predicted octanol–water partition coefficient (Wildman–Crippen LogP) is 1.52. The van der Waals surface area contributed by atoms with E-state index in [0.29, 0.717) is 17.7 Å². The average Bonchev–Trinajstić information content (AvgIpc) is 2.58. The van der Waals surface area contributed by atoms with Crippen molar-refractivity contribution in [3.63, 3.8) is 0 Å². The quantitative estimate of drug-likeness (QED) is 0.831. The van der Waals surface area contributed by atoms with Crippen molar-refractivity contribution in [2.75, 3.05) is 0 Å². The van der Waals surface area contributed by atoms with Crippen molar-refractivity contribution >= 4 is 11.9 Å². The molecule has 1 rings (SSSR count). The Morgan fingerprint density at radius 1 is 1.39 bits per heavy atom. The summed E-state index contributed by atoms with van der Waals surface area (Å²) in [5.74, 6) is -0.838. The van der Waals surface area contributed by atoms with Gasteiger partial charge in [-0.3, -0.25) is 4.79 Å². The van der Waals surface area contributed by atoms with Crippen molar-refractivity contribution < 1.29 is 19.2 Å². The highest BCUT2D eigenvalue weighted by Crippen LogP contribution is 2.12. The number of hydrogen-bond donors (Lipinski definition) is 2. The lowest BCUT2D eigenvalue weighted by Crippen LogP contribution is -2.42. The van der Waals surface area contributed by atoms with E-state index in [0.717, 1.165) is 0 Å². The van der Waals surface area contributed by atoms with Gasteiger partial charge in [0.1, 0.15) is 11.8 Å². The molecule has 0 bridgehead atoms. The minimum atomic E-state index is -1.05. The lowest BCUT2D eigenvalue weighted by molar-refractivity contribution is -0.139. The van der Waals surface area contributed by atoms with Crippen molar-refractivity contribution in [1.82, 2.24) is 10.5 Å². The number of carbonyl (C=O) groups is 2. The van der Waals surface area contributed by atoms with Crippen LogP contribution >= 0.6 is 0 Å². The van der Waals surface area contributed by atoms with Crippen molar-refractivity contribution in [3.05, 3.63) is 17.0 Å². The van der Waals surface area contributed by atoms with Gasteiger partial charge in [-0.15, -0.1) is 0 Å². The molecule has 100 valence electrons. The highest BCUT2D eigenvalue weighted by molar-refractivity contribution is 5.96. The summed E-state index contributed by atoms with van der Waals surface area (Å²) in [5, 5.41) is 15.1. The van der Waals surface area contributed by atoms with Gasteiger partial charge in [-0.2, -0.15) is 0 Å². The number of carboxylic acid groups (broad SMARTS) is 1. The fraction of sp³-hybridized carbons (Fsp3) is 0.583. The first-order valence-electron chi connectivity index (χ1n) is 5.79. The molecule has 0 fully saturated rings. The molecule has 18 heavy (non-hydrogen) atoms. The maximum Gasteiger partial charge on any atom is 0.326 e.